The van der Waals surface area contributed by atoms with Crippen LogP contribution < -0.4 is 14.8 Å². The molecular formula is C21H23NO5. The number of rotatable bonds is 7. The molecule has 0 bridgehead atoms. The van der Waals surface area contributed by atoms with E-state index in [-0.39, 0.29) is 23.7 Å². The van der Waals surface area contributed by atoms with Gasteiger partial charge in [0.05, 0.1) is 5.56 Å². The Kier molecular flexibility index (Phi) is 5.35. The van der Waals surface area contributed by atoms with Crippen LogP contribution in [0.15, 0.2) is 42.5 Å². The lowest BCUT2D eigenvalue weighted by Crippen LogP contribution is -2.30. The van der Waals surface area contributed by atoms with Gasteiger partial charge in [-0.1, -0.05) is 24.3 Å². The number of fused-ring (bicyclic) bond motifs is 1. The molecule has 0 aromatic heterocycles. The first kappa shape index (κ1) is 18.8. The van der Waals surface area contributed by atoms with E-state index in [0.717, 1.165) is 17.5 Å². The van der Waals surface area contributed by atoms with Crippen molar-refractivity contribution in [2.24, 2.45) is 0 Å². The Hall–Kier alpha value is -3.02. The van der Waals surface area contributed by atoms with Crippen LogP contribution in [0.1, 0.15) is 35.3 Å². The third-order valence-electron chi connectivity index (χ3n) is 4.35. The van der Waals surface area contributed by atoms with Crippen LogP contribution in [0.5, 0.6) is 11.5 Å². The van der Waals surface area contributed by atoms with E-state index in [9.17, 15) is 9.59 Å². The third kappa shape index (κ3) is 4.78. The zero-order valence-electron chi connectivity index (χ0n) is 15.5. The van der Waals surface area contributed by atoms with Crippen LogP contribution in [0.3, 0.4) is 0 Å². The van der Waals surface area contributed by atoms with Crippen LogP contribution >= 0.6 is 0 Å². The molecule has 0 saturated heterocycles. The maximum atomic E-state index is 12.0. The molecule has 1 amide bonds. The van der Waals surface area contributed by atoms with E-state index in [1.54, 1.807) is 30.3 Å². The molecule has 142 valence electrons. The van der Waals surface area contributed by atoms with Gasteiger partial charge in [-0.15, -0.1) is 0 Å². The largest absolute Gasteiger partial charge is 0.483 e. The summed E-state index contributed by atoms with van der Waals surface area (Å²) in [6, 6.07) is 12.3. The first-order valence-corrected chi connectivity index (χ1v) is 8.87. The third-order valence-corrected chi connectivity index (χ3v) is 4.35. The van der Waals surface area contributed by atoms with E-state index in [1.165, 1.54) is 0 Å². The van der Waals surface area contributed by atoms with Crippen LogP contribution in [0.25, 0.3) is 0 Å². The fraction of sp³-hybridized carbons (Fsp3) is 0.333. The number of amides is 1. The number of carboxylic acids is 1. The summed E-state index contributed by atoms with van der Waals surface area (Å²) < 4.78 is 11.6. The predicted molar refractivity (Wildman–Crippen MR) is 100 cm³/mol. The summed E-state index contributed by atoms with van der Waals surface area (Å²) in [6.07, 6.45) is 1.43. The normalized spacial score (nSPS) is 14.1. The Labute approximate surface area is 158 Å². The summed E-state index contributed by atoms with van der Waals surface area (Å²) in [5, 5.41) is 11.7. The number of benzene rings is 2. The number of carboxylic acid groups (broad SMARTS) is 1. The first-order chi connectivity index (χ1) is 12.8. The maximum Gasteiger partial charge on any atom is 0.335 e. The Morgan fingerprint density at radius 2 is 1.93 bits per heavy atom. The summed E-state index contributed by atoms with van der Waals surface area (Å²) in [5.41, 5.74) is 2.03. The molecule has 0 unspecified atom stereocenters. The minimum Gasteiger partial charge on any atom is -0.483 e. The highest BCUT2D eigenvalue weighted by atomic mass is 16.5. The Morgan fingerprint density at radius 3 is 2.63 bits per heavy atom. The van der Waals surface area contributed by atoms with Crippen LogP contribution in [0, 0.1) is 0 Å². The number of carbonyl (C=O) groups excluding carboxylic acids is 1. The fourth-order valence-corrected chi connectivity index (χ4v) is 3.06. The van der Waals surface area contributed by atoms with Crippen LogP contribution in [0.4, 0.5) is 0 Å². The molecule has 2 aromatic carbocycles. The van der Waals surface area contributed by atoms with Crippen molar-refractivity contribution in [2.45, 2.75) is 32.3 Å². The van der Waals surface area contributed by atoms with Gasteiger partial charge in [0.2, 0.25) is 0 Å². The van der Waals surface area contributed by atoms with Crippen molar-refractivity contribution in [3.8, 4) is 11.5 Å². The molecule has 0 atom stereocenters. The van der Waals surface area contributed by atoms with E-state index in [4.69, 9.17) is 14.6 Å². The van der Waals surface area contributed by atoms with Gasteiger partial charge in [0.15, 0.2) is 18.1 Å². The number of carbonyl (C=O) groups is 2. The second-order valence-corrected chi connectivity index (χ2v) is 7.17. The number of ether oxygens (including phenoxy) is 2. The number of nitrogens with one attached hydrogen (secondary N) is 1. The SMILES string of the molecule is CC1(C)Cc2cccc(OCC(=O)NCCc3ccc(C(=O)O)cc3)c2O1. The lowest BCUT2D eigenvalue weighted by molar-refractivity contribution is -0.123. The molecule has 6 nitrogen and oxygen atoms in total. The molecule has 2 aromatic rings. The molecule has 1 heterocycles. The fourth-order valence-electron chi connectivity index (χ4n) is 3.06. The zero-order chi connectivity index (χ0) is 19.4. The average molecular weight is 369 g/mol. The molecule has 0 saturated carbocycles. The number of para-hydroxylation sites is 1. The molecule has 0 aliphatic carbocycles. The summed E-state index contributed by atoms with van der Waals surface area (Å²) >= 11 is 0. The van der Waals surface area contributed by atoms with E-state index in [2.05, 4.69) is 5.32 Å². The number of hydrogen-bond acceptors (Lipinski definition) is 4. The van der Waals surface area contributed by atoms with Crippen molar-refractivity contribution in [2.75, 3.05) is 13.2 Å². The van der Waals surface area contributed by atoms with E-state index in [1.807, 2.05) is 26.0 Å². The monoisotopic (exact) mass is 369 g/mol. The van der Waals surface area contributed by atoms with Gasteiger partial charge in [-0.2, -0.15) is 0 Å². The van der Waals surface area contributed by atoms with Gasteiger partial charge in [0.25, 0.3) is 5.91 Å². The van der Waals surface area contributed by atoms with Gasteiger partial charge >= 0.3 is 5.97 Å². The van der Waals surface area contributed by atoms with Crippen molar-refractivity contribution in [3.63, 3.8) is 0 Å². The first-order valence-electron chi connectivity index (χ1n) is 8.87. The summed E-state index contributed by atoms with van der Waals surface area (Å²) in [6.45, 7) is 4.40. The predicted octanol–water partition coefficient (Wildman–Crippen LogP) is 2.84. The molecule has 2 N–H and O–H groups in total. The minimum absolute atomic E-state index is 0.0851. The number of hydrogen-bond donors (Lipinski definition) is 2. The van der Waals surface area contributed by atoms with Gasteiger partial charge < -0.3 is 19.9 Å². The molecule has 6 heteroatoms. The smallest absolute Gasteiger partial charge is 0.335 e. The Balaban J connectivity index is 1.46. The van der Waals surface area contributed by atoms with Crippen LogP contribution in [0.2, 0.25) is 0 Å². The summed E-state index contributed by atoms with van der Waals surface area (Å²) in [7, 11) is 0. The Bertz CT molecular complexity index is 842. The topological polar surface area (TPSA) is 84.9 Å². The maximum absolute atomic E-state index is 12.0. The van der Waals surface area contributed by atoms with Crippen molar-refractivity contribution >= 4 is 11.9 Å². The second kappa shape index (κ2) is 7.70. The molecule has 0 radical (unpaired) electrons. The van der Waals surface area contributed by atoms with E-state index >= 15 is 0 Å². The van der Waals surface area contributed by atoms with E-state index < -0.39 is 5.97 Å². The number of aromatic carboxylic acids is 1. The van der Waals surface area contributed by atoms with Crippen molar-refractivity contribution in [1.29, 1.82) is 0 Å². The van der Waals surface area contributed by atoms with Gasteiger partial charge in [0.1, 0.15) is 5.60 Å². The molecule has 3 rings (SSSR count). The molecule has 1 aliphatic heterocycles. The zero-order valence-corrected chi connectivity index (χ0v) is 15.5. The highest BCUT2D eigenvalue weighted by molar-refractivity contribution is 5.87. The summed E-state index contributed by atoms with van der Waals surface area (Å²) in [5.74, 6) is 0.130. The van der Waals surface area contributed by atoms with Crippen molar-refractivity contribution in [1.82, 2.24) is 5.32 Å². The highest BCUT2D eigenvalue weighted by Gasteiger charge is 2.32. The van der Waals surface area contributed by atoms with Gasteiger partial charge in [-0.3, -0.25) is 4.79 Å². The standard InChI is InChI=1S/C21H23NO5/c1-21(2)12-16-4-3-5-17(19(16)27-21)26-13-18(23)22-11-10-14-6-8-15(9-7-14)20(24)25/h3-9H,10-13H2,1-2H3,(H,22,23)(H,24,25). The van der Waals surface area contributed by atoms with Crippen molar-refractivity contribution < 1.29 is 24.2 Å². The quantitative estimate of drug-likeness (QED) is 0.784. The average Bonchev–Trinajstić information content (AvgIpc) is 2.94. The van der Waals surface area contributed by atoms with Gasteiger partial charge in [-0.25, -0.2) is 4.79 Å². The van der Waals surface area contributed by atoms with Gasteiger partial charge in [0, 0.05) is 18.5 Å². The molecular weight excluding hydrogens is 346 g/mol. The molecule has 0 spiro atoms. The molecule has 27 heavy (non-hydrogen) atoms. The van der Waals surface area contributed by atoms with Crippen LogP contribution in [-0.2, 0) is 17.6 Å². The van der Waals surface area contributed by atoms with Crippen molar-refractivity contribution in [3.05, 3.63) is 59.2 Å². The lowest BCUT2D eigenvalue weighted by Gasteiger charge is -2.18. The molecule has 1 aliphatic rings. The minimum atomic E-state index is -0.952. The van der Waals surface area contributed by atoms with Crippen LogP contribution in [-0.4, -0.2) is 35.7 Å². The summed E-state index contributed by atoms with van der Waals surface area (Å²) in [4.78, 5) is 22.9. The van der Waals surface area contributed by atoms with Gasteiger partial charge in [-0.05, 0) is 44.0 Å². The lowest BCUT2D eigenvalue weighted by atomic mass is 10.0. The van der Waals surface area contributed by atoms with E-state index in [0.29, 0.717) is 24.5 Å². The molecule has 0 fully saturated rings. The second-order valence-electron chi connectivity index (χ2n) is 7.17. The Morgan fingerprint density at radius 1 is 1.19 bits per heavy atom. The highest BCUT2D eigenvalue weighted by Crippen LogP contribution is 2.41.